The van der Waals surface area contributed by atoms with Crippen molar-refractivity contribution in [2.45, 2.75) is 27.4 Å². The fraction of sp³-hybridized carbons (Fsp3) is 0.333. The van der Waals surface area contributed by atoms with E-state index in [1.807, 2.05) is 32.2 Å². The van der Waals surface area contributed by atoms with Gasteiger partial charge in [-0.3, -0.25) is 0 Å². The second kappa shape index (κ2) is 5.69. The molecule has 0 unspecified atom stereocenters. The van der Waals surface area contributed by atoms with Gasteiger partial charge in [-0.05, 0) is 44.0 Å². The smallest absolute Gasteiger partial charge is 0.168 e. The van der Waals surface area contributed by atoms with Crippen molar-refractivity contribution in [3.05, 3.63) is 46.9 Å². The van der Waals surface area contributed by atoms with Crippen LogP contribution in [0.4, 0.5) is 5.82 Å². The molecule has 4 heteroatoms. The lowest BCUT2D eigenvalue weighted by Gasteiger charge is -2.09. The Kier molecular flexibility index (Phi) is 4.00. The molecule has 0 aliphatic heterocycles. The van der Waals surface area contributed by atoms with Crippen LogP contribution in [0.3, 0.4) is 0 Å². The van der Waals surface area contributed by atoms with Gasteiger partial charge in [-0.1, -0.05) is 6.07 Å². The molecule has 0 atom stereocenters. The Morgan fingerprint density at radius 3 is 2.32 bits per heavy atom. The van der Waals surface area contributed by atoms with E-state index in [1.165, 1.54) is 11.1 Å². The summed E-state index contributed by atoms with van der Waals surface area (Å²) in [5.74, 6) is 2.35. The lowest BCUT2D eigenvalue weighted by atomic mass is 10.1. The maximum atomic E-state index is 5.76. The van der Waals surface area contributed by atoms with Gasteiger partial charge in [0.15, 0.2) is 5.82 Å². The van der Waals surface area contributed by atoms with Crippen LogP contribution in [-0.4, -0.2) is 17.0 Å². The number of nitrogens with one attached hydrogen (secondary N) is 1. The van der Waals surface area contributed by atoms with E-state index in [2.05, 4.69) is 35.2 Å². The second-order valence-electron chi connectivity index (χ2n) is 4.67. The Morgan fingerprint density at radius 1 is 1.00 bits per heavy atom. The van der Waals surface area contributed by atoms with E-state index in [0.717, 1.165) is 17.3 Å². The molecule has 2 aromatic rings. The number of aromatic nitrogens is 2. The first-order valence-corrected chi connectivity index (χ1v) is 6.30. The Bertz CT molecular complexity index is 561. The van der Waals surface area contributed by atoms with Crippen LogP contribution in [0.15, 0.2) is 24.3 Å². The van der Waals surface area contributed by atoms with Gasteiger partial charge in [-0.15, -0.1) is 0 Å². The van der Waals surface area contributed by atoms with Crippen LogP contribution in [0.5, 0.6) is 5.75 Å². The third kappa shape index (κ3) is 3.68. The molecule has 0 aliphatic carbocycles. The van der Waals surface area contributed by atoms with Crippen LogP contribution < -0.4 is 10.1 Å². The largest absolute Gasteiger partial charge is 0.486 e. The summed E-state index contributed by atoms with van der Waals surface area (Å²) in [6, 6.07) is 8.05. The predicted octanol–water partition coefficient (Wildman–Crippen LogP) is 3.02. The molecule has 19 heavy (non-hydrogen) atoms. The summed E-state index contributed by atoms with van der Waals surface area (Å²) in [5.41, 5.74) is 3.31. The number of aryl methyl sites for hydroxylation is 3. The highest BCUT2D eigenvalue weighted by Crippen LogP contribution is 2.17. The third-order valence-corrected chi connectivity index (χ3v) is 2.72. The maximum absolute atomic E-state index is 5.76. The molecular formula is C15H19N3O. The highest BCUT2D eigenvalue weighted by molar-refractivity contribution is 5.35. The first kappa shape index (κ1) is 13.3. The molecule has 0 saturated carbocycles. The minimum atomic E-state index is 0.374. The number of nitrogens with zero attached hydrogens (tertiary/aromatic N) is 2. The zero-order valence-corrected chi connectivity index (χ0v) is 11.8. The first-order chi connectivity index (χ1) is 9.06. The molecule has 2 rings (SSSR count). The standard InChI is InChI=1S/C15H19N3O/c1-10-5-11(2)7-13(6-10)19-9-15-17-12(3)8-14(16-4)18-15/h5-8H,9H2,1-4H3,(H,16,17,18). The van der Waals surface area contributed by atoms with Gasteiger partial charge in [0.25, 0.3) is 0 Å². The highest BCUT2D eigenvalue weighted by Gasteiger charge is 2.03. The van der Waals surface area contributed by atoms with Crippen LogP contribution >= 0.6 is 0 Å². The number of benzene rings is 1. The number of hydrogen-bond donors (Lipinski definition) is 1. The molecule has 1 aromatic carbocycles. The van der Waals surface area contributed by atoms with Crippen LogP contribution in [0.1, 0.15) is 22.6 Å². The Labute approximate surface area is 113 Å². The van der Waals surface area contributed by atoms with Crippen molar-refractivity contribution >= 4 is 5.82 Å². The van der Waals surface area contributed by atoms with Gasteiger partial charge in [0.2, 0.25) is 0 Å². The fourth-order valence-electron chi connectivity index (χ4n) is 1.99. The molecule has 1 heterocycles. The summed E-state index contributed by atoms with van der Waals surface area (Å²) in [6.07, 6.45) is 0. The normalized spacial score (nSPS) is 10.3. The SMILES string of the molecule is CNc1cc(C)nc(COc2cc(C)cc(C)c2)n1. The summed E-state index contributed by atoms with van der Waals surface area (Å²) in [4.78, 5) is 8.73. The topological polar surface area (TPSA) is 47.0 Å². The van der Waals surface area contributed by atoms with Crippen LogP contribution in [0.25, 0.3) is 0 Å². The van der Waals surface area contributed by atoms with Crippen molar-refractivity contribution in [3.8, 4) is 5.75 Å². The van der Waals surface area contributed by atoms with Gasteiger partial charge in [0.05, 0.1) is 0 Å². The zero-order valence-electron chi connectivity index (χ0n) is 11.8. The molecule has 0 aliphatic rings. The van der Waals surface area contributed by atoms with E-state index < -0.39 is 0 Å². The lowest BCUT2D eigenvalue weighted by molar-refractivity contribution is 0.295. The first-order valence-electron chi connectivity index (χ1n) is 6.30. The minimum absolute atomic E-state index is 0.374. The fourth-order valence-corrected chi connectivity index (χ4v) is 1.99. The summed E-state index contributed by atoms with van der Waals surface area (Å²) < 4.78 is 5.76. The van der Waals surface area contributed by atoms with Gasteiger partial charge in [-0.2, -0.15) is 0 Å². The van der Waals surface area contributed by atoms with Crippen LogP contribution in [0.2, 0.25) is 0 Å². The Morgan fingerprint density at radius 2 is 1.68 bits per heavy atom. The predicted molar refractivity (Wildman–Crippen MR) is 76.6 cm³/mol. The monoisotopic (exact) mass is 257 g/mol. The third-order valence-electron chi connectivity index (χ3n) is 2.72. The average Bonchev–Trinajstić information content (AvgIpc) is 2.34. The summed E-state index contributed by atoms with van der Waals surface area (Å²) in [5, 5.41) is 3.02. The van der Waals surface area contributed by atoms with Crippen molar-refractivity contribution in [3.63, 3.8) is 0 Å². The van der Waals surface area contributed by atoms with Gasteiger partial charge in [-0.25, -0.2) is 9.97 Å². The van der Waals surface area contributed by atoms with Crippen molar-refractivity contribution in [2.75, 3.05) is 12.4 Å². The van der Waals surface area contributed by atoms with Crippen molar-refractivity contribution in [1.82, 2.24) is 9.97 Å². The Balaban J connectivity index is 2.11. The van der Waals surface area contributed by atoms with Crippen molar-refractivity contribution in [1.29, 1.82) is 0 Å². The van der Waals surface area contributed by atoms with Crippen molar-refractivity contribution < 1.29 is 4.74 Å². The van der Waals surface area contributed by atoms with Crippen LogP contribution in [0, 0.1) is 20.8 Å². The molecular weight excluding hydrogens is 238 g/mol. The van der Waals surface area contributed by atoms with Gasteiger partial charge < -0.3 is 10.1 Å². The summed E-state index contributed by atoms with van der Waals surface area (Å²) in [7, 11) is 1.84. The van der Waals surface area contributed by atoms with Crippen LogP contribution in [-0.2, 0) is 6.61 Å². The highest BCUT2D eigenvalue weighted by atomic mass is 16.5. The second-order valence-corrected chi connectivity index (χ2v) is 4.67. The maximum Gasteiger partial charge on any atom is 0.168 e. The number of ether oxygens (including phenoxy) is 1. The van der Waals surface area contributed by atoms with E-state index in [-0.39, 0.29) is 0 Å². The Hall–Kier alpha value is -2.10. The lowest BCUT2D eigenvalue weighted by Crippen LogP contribution is -2.05. The molecule has 0 spiro atoms. The molecule has 0 radical (unpaired) electrons. The average molecular weight is 257 g/mol. The summed E-state index contributed by atoms with van der Waals surface area (Å²) in [6.45, 7) is 6.44. The van der Waals surface area contributed by atoms with E-state index >= 15 is 0 Å². The molecule has 1 aromatic heterocycles. The molecule has 0 bridgehead atoms. The molecule has 0 fully saturated rings. The minimum Gasteiger partial charge on any atom is -0.486 e. The van der Waals surface area contributed by atoms with E-state index in [9.17, 15) is 0 Å². The zero-order chi connectivity index (χ0) is 13.8. The van der Waals surface area contributed by atoms with Crippen molar-refractivity contribution in [2.24, 2.45) is 0 Å². The van der Waals surface area contributed by atoms with Gasteiger partial charge >= 0.3 is 0 Å². The summed E-state index contributed by atoms with van der Waals surface area (Å²) >= 11 is 0. The molecule has 100 valence electrons. The van der Waals surface area contributed by atoms with E-state index in [0.29, 0.717) is 12.4 Å². The van der Waals surface area contributed by atoms with Gasteiger partial charge in [0.1, 0.15) is 18.2 Å². The quantitative estimate of drug-likeness (QED) is 0.914. The molecule has 0 amide bonds. The number of hydrogen-bond acceptors (Lipinski definition) is 4. The number of rotatable bonds is 4. The molecule has 1 N–H and O–H groups in total. The van der Waals surface area contributed by atoms with E-state index in [1.54, 1.807) is 0 Å². The number of anilines is 1. The molecule has 4 nitrogen and oxygen atoms in total. The van der Waals surface area contributed by atoms with E-state index in [4.69, 9.17) is 4.74 Å². The molecule has 0 saturated heterocycles. The van der Waals surface area contributed by atoms with Gasteiger partial charge in [0, 0.05) is 18.8 Å².